The fourth-order valence-corrected chi connectivity index (χ4v) is 2.70. The van der Waals surface area contributed by atoms with Gasteiger partial charge in [-0.2, -0.15) is 5.10 Å². The second-order valence-corrected chi connectivity index (χ2v) is 6.06. The van der Waals surface area contributed by atoms with Crippen molar-refractivity contribution in [2.45, 2.75) is 34.3 Å². The van der Waals surface area contributed by atoms with Crippen molar-refractivity contribution in [1.82, 2.24) is 0 Å². The lowest BCUT2D eigenvalue weighted by Gasteiger charge is -2.15. The summed E-state index contributed by atoms with van der Waals surface area (Å²) in [4.78, 5) is 22.0. The Morgan fingerprint density at radius 1 is 1.15 bits per heavy atom. The van der Waals surface area contributed by atoms with Gasteiger partial charge in [0.1, 0.15) is 6.61 Å². The van der Waals surface area contributed by atoms with E-state index >= 15 is 0 Å². The quantitative estimate of drug-likeness (QED) is 0.468. The average molecular weight is 354 g/mol. The number of nitrogens with one attached hydrogen (secondary N) is 1. The number of hydrogen-bond acceptors (Lipinski definition) is 5. The smallest absolute Gasteiger partial charge is 0.335 e. The van der Waals surface area contributed by atoms with Gasteiger partial charge in [0.2, 0.25) is 0 Å². The lowest BCUT2D eigenvalue weighted by molar-refractivity contribution is -0.142. The van der Waals surface area contributed by atoms with Gasteiger partial charge in [-0.15, -0.1) is 0 Å². The van der Waals surface area contributed by atoms with Crippen LogP contribution in [0.15, 0.2) is 35.4 Å². The van der Waals surface area contributed by atoms with Crippen LogP contribution in [-0.2, 0) is 16.1 Å². The number of aryl methyl sites for hydroxylation is 2. The Hall–Kier alpha value is -3.15. The van der Waals surface area contributed by atoms with E-state index in [2.05, 4.69) is 10.5 Å². The SMILES string of the molecule is CC(=O)OCc1c(C)cc(C)c(/C=N/Nc2ccc(C(=O)O)cc2)c1C. The average Bonchev–Trinajstić information content (AvgIpc) is 2.57. The summed E-state index contributed by atoms with van der Waals surface area (Å²) in [7, 11) is 0. The number of carboxylic acids is 1. The Balaban J connectivity index is 2.19. The maximum Gasteiger partial charge on any atom is 0.335 e. The zero-order valence-electron chi connectivity index (χ0n) is 15.3. The highest BCUT2D eigenvalue weighted by Crippen LogP contribution is 2.22. The van der Waals surface area contributed by atoms with Gasteiger partial charge in [0, 0.05) is 12.5 Å². The molecule has 136 valence electrons. The number of hydrazone groups is 1. The minimum absolute atomic E-state index is 0.222. The second kappa shape index (κ2) is 8.29. The Labute approximate surface area is 152 Å². The van der Waals surface area contributed by atoms with Gasteiger partial charge < -0.3 is 9.84 Å². The van der Waals surface area contributed by atoms with E-state index in [1.807, 2.05) is 26.8 Å². The zero-order chi connectivity index (χ0) is 19.3. The van der Waals surface area contributed by atoms with Crippen LogP contribution in [0.1, 0.15) is 45.1 Å². The van der Waals surface area contributed by atoms with Crippen molar-refractivity contribution < 1.29 is 19.4 Å². The molecule has 6 heteroatoms. The molecular formula is C20H22N2O4. The van der Waals surface area contributed by atoms with Gasteiger partial charge >= 0.3 is 11.9 Å². The van der Waals surface area contributed by atoms with Crippen molar-refractivity contribution in [2.75, 3.05) is 5.43 Å². The summed E-state index contributed by atoms with van der Waals surface area (Å²) in [5.74, 6) is -1.28. The van der Waals surface area contributed by atoms with Crippen LogP contribution in [0.5, 0.6) is 0 Å². The van der Waals surface area contributed by atoms with Crippen molar-refractivity contribution in [2.24, 2.45) is 5.10 Å². The molecule has 0 atom stereocenters. The molecule has 0 radical (unpaired) electrons. The first kappa shape index (κ1) is 19.2. The number of hydrogen-bond donors (Lipinski definition) is 2. The molecule has 0 aromatic heterocycles. The summed E-state index contributed by atoms with van der Waals surface area (Å²) in [6.45, 7) is 7.58. The first-order valence-electron chi connectivity index (χ1n) is 8.15. The number of carbonyl (C=O) groups excluding carboxylic acids is 1. The number of ether oxygens (including phenoxy) is 1. The van der Waals surface area contributed by atoms with Gasteiger partial charge in [-0.3, -0.25) is 10.2 Å². The number of carboxylic acid groups (broad SMARTS) is 1. The number of esters is 1. The molecule has 2 N–H and O–H groups in total. The van der Waals surface area contributed by atoms with Crippen molar-refractivity contribution in [3.63, 3.8) is 0 Å². The first-order valence-corrected chi connectivity index (χ1v) is 8.15. The highest BCUT2D eigenvalue weighted by atomic mass is 16.5. The Morgan fingerprint density at radius 2 is 1.81 bits per heavy atom. The van der Waals surface area contributed by atoms with E-state index < -0.39 is 5.97 Å². The predicted octanol–water partition coefficient (Wildman–Crippen LogP) is 3.82. The lowest BCUT2D eigenvalue weighted by Crippen LogP contribution is -2.06. The molecule has 0 heterocycles. The molecule has 6 nitrogen and oxygen atoms in total. The van der Waals surface area contributed by atoms with E-state index in [0.717, 1.165) is 27.8 Å². The highest BCUT2D eigenvalue weighted by molar-refractivity contribution is 5.88. The maximum absolute atomic E-state index is 11.1. The number of carbonyl (C=O) groups is 2. The number of anilines is 1. The van der Waals surface area contributed by atoms with Gasteiger partial charge in [-0.25, -0.2) is 4.79 Å². The third-order valence-corrected chi connectivity index (χ3v) is 4.13. The summed E-state index contributed by atoms with van der Waals surface area (Å²) >= 11 is 0. The summed E-state index contributed by atoms with van der Waals surface area (Å²) in [5.41, 5.74) is 8.86. The van der Waals surface area contributed by atoms with Crippen LogP contribution in [0.25, 0.3) is 0 Å². The van der Waals surface area contributed by atoms with Crippen LogP contribution in [0, 0.1) is 20.8 Å². The number of benzene rings is 2. The standard InChI is InChI=1S/C20H22N2O4/c1-12-9-13(2)19(11-26-15(4)23)14(3)18(12)10-21-22-17-7-5-16(6-8-17)20(24)25/h5-10,22H,11H2,1-4H3,(H,24,25)/b21-10+. The topological polar surface area (TPSA) is 88.0 Å². The third-order valence-electron chi connectivity index (χ3n) is 4.13. The number of aromatic carboxylic acids is 1. The molecule has 0 spiro atoms. The molecule has 2 aromatic carbocycles. The van der Waals surface area contributed by atoms with Gasteiger partial charge in [0.15, 0.2) is 0 Å². The lowest BCUT2D eigenvalue weighted by atomic mass is 9.94. The molecule has 0 saturated carbocycles. The van der Waals surface area contributed by atoms with E-state index in [9.17, 15) is 9.59 Å². The second-order valence-electron chi connectivity index (χ2n) is 6.06. The van der Waals surface area contributed by atoms with Gasteiger partial charge in [-0.05, 0) is 67.3 Å². The van der Waals surface area contributed by atoms with Gasteiger partial charge in [0.05, 0.1) is 17.5 Å². The molecule has 0 bridgehead atoms. The Kier molecular flexibility index (Phi) is 6.11. The fraction of sp³-hybridized carbons (Fsp3) is 0.250. The monoisotopic (exact) mass is 354 g/mol. The maximum atomic E-state index is 11.1. The van der Waals surface area contributed by atoms with Gasteiger partial charge in [0.25, 0.3) is 0 Å². The molecule has 0 saturated heterocycles. The van der Waals surface area contributed by atoms with Crippen molar-refractivity contribution in [1.29, 1.82) is 0 Å². The van der Waals surface area contributed by atoms with Crippen LogP contribution in [0.4, 0.5) is 5.69 Å². The zero-order valence-corrected chi connectivity index (χ0v) is 15.3. The van der Waals surface area contributed by atoms with E-state index in [4.69, 9.17) is 9.84 Å². The van der Waals surface area contributed by atoms with E-state index in [1.54, 1.807) is 18.3 Å². The van der Waals surface area contributed by atoms with Crippen molar-refractivity contribution >= 4 is 23.8 Å². The van der Waals surface area contributed by atoms with Crippen LogP contribution in [0.2, 0.25) is 0 Å². The summed E-state index contributed by atoms with van der Waals surface area (Å²) in [6, 6.07) is 8.37. The molecule has 2 aromatic rings. The summed E-state index contributed by atoms with van der Waals surface area (Å²) in [5, 5.41) is 13.2. The molecule has 0 aliphatic rings. The number of rotatable bonds is 6. The summed E-state index contributed by atoms with van der Waals surface area (Å²) < 4.78 is 5.14. The molecular weight excluding hydrogens is 332 g/mol. The van der Waals surface area contributed by atoms with E-state index in [-0.39, 0.29) is 18.1 Å². The van der Waals surface area contributed by atoms with Crippen molar-refractivity contribution in [3.8, 4) is 0 Å². The van der Waals surface area contributed by atoms with Crippen LogP contribution in [0.3, 0.4) is 0 Å². The Bertz CT molecular complexity index is 855. The molecule has 26 heavy (non-hydrogen) atoms. The summed E-state index contributed by atoms with van der Waals surface area (Å²) in [6.07, 6.45) is 1.71. The third kappa shape index (κ3) is 4.69. The van der Waals surface area contributed by atoms with Gasteiger partial charge in [-0.1, -0.05) is 6.07 Å². The van der Waals surface area contributed by atoms with E-state index in [1.165, 1.54) is 19.1 Å². The molecule has 0 aliphatic heterocycles. The van der Waals surface area contributed by atoms with E-state index in [0.29, 0.717) is 5.69 Å². The van der Waals surface area contributed by atoms with Crippen molar-refractivity contribution in [3.05, 3.63) is 63.7 Å². The molecule has 2 rings (SSSR count). The molecule has 0 fully saturated rings. The predicted molar refractivity (Wildman–Crippen MR) is 101 cm³/mol. The minimum atomic E-state index is -0.966. The Morgan fingerprint density at radius 3 is 2.38 bits per heavy atom. The first-order chi connectivity index (χ1) is 12.3. The highest BCUT2D eigenvalue weighted by Gasteiger charge is 2.11. The normalized spacial score (nSPS) is 10.8. The van der Waals surface area contributed by atoms with Crippen LogP contribution in [-0.4, -0.2) is 23.3 Å². The van der Waals surface area contributed by atoms with Crippen LogP contribution >= 0.6 is 0 Å². The minimum Gasteiger partial charge on any atom is -0.478 e. The molecule has 0 aliphatic carbocycles. The van der Waals surface area contributed by atoms with Crippen LogP contribution < -0.4 is 5.43 Å². The molecule has 0 amide bonds. The molecule has 0 unspecified atom stereocenters. The fourth-order valence-electron chi connectivity index (χ4n) is 2.70. The number of nitrogens with zero attached hydrogens (tertiary/aromatic N) is 1. The largest absolute Gasteiger partial charge is 0.478 e.